The van der Waals surface area contributed by atoms with Crippen LogP contribution in [-0.4, -0.2) is 31.7 Å². The summed E-state index contributed by atoms with van der Waals surface area (Å²) in [6.45, 7) is 2.75. The topological polar surface area (TPSA) is 46.8 Å². The third-order valence-corrected chi connectivity index (χ3v) is 6.08. The molecule has 0 bridgehead atoms. The standard InChI is InChI=1S/C22H20F3N5S/c1-15(16-5-9-20(10-6-16)30-14-26-13-27-30)29(2)11-19-12-31-21(28-19)17-3-7-18(8-4-17)22(23,24)25/h3-10,12-15H,11H2,1-2H3. The van der Waals surface area contributed by atoms with Gasteiger partial charge in [0.25, 0.3) is 0 Å². The average molecular weight is 443 g/mol. The molecule has 4 aromatic rings. The first kappa shape index (κ1) is 21.2. The van der Waals surface area contributed by atoms with Crippen LogP contribution in [0.25, 0.3) is 16.3 Å². The average Bonchev–Trinajstić information content (AvgIpc) is 3.45. The molecule has 31 heavy (non-hydrogen) atoms. The van der Waals surface area contributed by atoms with Gasteiger partial charge in [0.2, 0.25) is 0 Å². The molecule has 0 saturated heterocycles. The van der Waals surface area contributed by atoms with Crippen molar-refractivity contribution in [1.29, 1.82) is 0 Å². The van der Waals surface area contributed by atoms with Gasteiger partial charge in [0, 0.05) is 23.5 Å². The van der Waals surface area contributed by atoms with Crippen LogP contribution >= 0.6 is 11.3 Å². The molecule has 1 atom stereocenters. The van der Waals surface area contributed by atoms with E-state index in [9.17, 15) is 13.2 Å². The van der Waals surface area contributed by atoms with Gasteiger partial charge in [-0.3, -0.25) is 4.90 Å². The highest BCUT2D eigenvalue weighted by Crippen LogP contribution is 2.32. The van der Waals surface area contributed by atoms with Gasteiger partial charge in [0.1, 0.15) is 17.7 Å². The summed E-state index contributed by atoms with van der Waals surface area (Å²) in [4.78, 5) is 10.7. The van der Waals surface area contributed by atoms with E-state index >= 15 is 0 Å². The largest absolute Gasteiger partial charge is 0.416 e. The number of thiazole rings is 1. The van der Waals surface area contributed by atoms with E-state index in [4.69, 9.17) is 0 Å². The first-order valence-electron chi connectivity index (χ1n) is 9.58. The van der Waals surface area contributed by atoms with Gasteiger partial charge < -0.3 is 0 Å². The third-order valence-electron chi connectivity index (χ3n) is 5.14. The first-order valence-corrected chi connectivity index (χ1v) is 10.5. The van der Waals surface area contributed by atoms with Gasteiger partial charge in [0.05, 0.1) is 16.9 Å². The lowest BCUT2D eigenvalue weighted by atomic mass is 10.1. The van der Waals surface area contributed by atoms with E-state index in [0.717, 1.165) is 29.1 Å². The number of aromatic nitrogens is 4. The molecule has 0 amide bonds. The Morgan fingerprint density at radius 2 is 1.77 bits per heavy atom. The molecule has 0 saturated carbocycles. The summed E-state index contributed by atoms with van der Waals surface area (Å²) in [6, 6.07) is 13.4. The van der Waals surface area contributed by atoms with Gasteiger partial charge >= 0.3 is 6.18 Å². The molecule has 1 unspecified atom stereocenters. The van der Waals surface area contributed by atoms with Crippen molar-refractivity contribution in [3.63, 3.8) is 0 Å². The van der Waals surface area contributed by atoms with Crippen LogP contribution in [0.1, 0.15) is 29.8 Å². The van der Waals surface area contributed by atoms with E-state index < -0.39 is 11.7 Å². The number of rotatable bonds is 6. The molecule has 160 valence electrons. The lowest BCUT2D eigenvalue weighted by Crippen LogP contribution is -2.22. The zero-order valence-corrected chi connectivity index (χ0v) is 17.7. The minimum absolute atomic E-state index is 0.154. The second-order valence-corrected chi connectivity index (χ2v) is 8.10. The Labute approximate surface area is 181 Å². The maximum absolute atomic E-state index is 12.8. The number of hydrogen-bond acceptors (Lipinski definition) is 5. The van der Waals surface area contributed by atoms with E-state index in [2.05, 4.69) is 39.0 Å². The van der Waals surface area contributed by atoms with Gasteiger partial charge in [-0.15, -0.1) is 11.3 Å². The van der Waals surface area contributed by atoms with Crippen molar-refractivity contribution in [1.82, 2.24) is 24.6 Å². The Balaban J connectivity index is 1.42. The summed E-state index contributed by atoms with van der Waals surface area (Å²) in [6.07, 6.45) is -1.18. The molecule has 2 aromatic heterocycles. The van der Waals surface area contributed by atoms with E-state index in [1.54, 1.807) is 11.0 Å². The van der Waals surface area contributed by atoms with E-state index in [0.29, 0.717) is 17.1 Å². The SMILES string of the molecule is CC(c1ccc(-n2cncn2)cc1)N(C)Cc1csc(-c2ccc(C(F)(F)F)cc2)n1. The predicted molar refractivity (Wildman–Crippen MR) is 114 cm³/mol. The number of halogens is 3. The molecule has 9 heteroatoms. The Kier molecular flexibility index (Phi) is 5.88. The molecule has 0 aliphatic carbocycles. The molecule has 5 nitrogen and oxygen atoms in total. The molecular formula is C22H20F3N5S. The highest BCUT2D eigenvalue weighted by atomic mass is 32.1. The van der Waals surface area contributed by atoms with Gasteiger partial charge in [-0.25, -0.2) is 14.6 Å². The summed E-state index contributed by atoms with van der Waals surface area (Å²) in [5.74, 6) is 0. The molecule has 0 fully saturated rings. The Morgan fingerprint density at radius 1 is 1.06 bits per heavy atom. The normalized spacial score (nSPS) is 13.0. The van der Waals surface area contributed by atoms with Crippen molar-refractivity contribution >= 4 is 11.3 Å². The fraction of sp³-hybridized carbons (Fsp3) is 0.227. The van der Waals surface area contributed by atoms with Crippen molar-refractivity contribution in [2.45, 2.75) is 25.7 Å². The van der Waals surface area contributed by atoms with Crippen molar-refractivity contribution < 1.29 is 13.2 Å². The van der Waals surface area contributed by atoms with Gasteiger partial charge in [-0.05, 0) is 43.8 Å². The zero-order valence-electron chi connectivity index (χ0n) is 16.9. The van der Waals surface area contributed by atoms with Crippen LogP contribution < -0.4 is 0 Å². The summed E-state index contributed by atoms with van der Waals surface area (Å²) in [5, 5.41) is 6.79. The fourth-order valence-electron chi connectivity index (χ4n) is 3.21. The van der Waals surface area contributed by atoms with Crippen LogP contribution in [0.15, 0.2) is 66.6 Å². The first-order chi connectivity index (χ1) is 14.8. The van der Waals surface area contributed by atoms with Crippen LogP contribution in [0.5, 0.6) is 0 Å². The maximum Gasteiger partial charge on any atom is 0.416 e. The van der Waals surface area contributed by atoms with Gasteiger partial charge in [-0.2, -0.15) is 18.3 Å². The van der Waals surface area contributed by atoms with Crippen molar-refractivity contribution in [3.8, 4) is 16.3 Å². The van der Waals surface area contributed by atoms with Crippen LogP contribution in [0, 0.1) is 0 Å². The molecule has 2 heterocycles. The minimum Gasteiger partial charge on any atom is -0.294 e. The Bertz CT molecular complexity index is 1120. The van der Waals surface area contributed by atoms with Crippen LogP contribution in [0.4, 0.5) is 13.2 Å². The number of hydrogen-bond donors (Lipinski definition) is 0. The number of nitrogens with zero attached hydrogens (tertiary/aromatic N) is 5. The Hall–Kier alpha value is -3.04. The van der Waals surface area contributed by atoms with Gasteiger partial charge in [0.15, 0.2) is 0 Å². The third kappa shape index (κ3) is 4.83. The van der Waals surface area contributed by atoms with Crippen molar-refractivity contribution in [2.75, 3.05) is 7.05 Å². The van der Waals surface area contributed by atoms with Crippen LogP contribution in [0.3, 0.4) is 0 Å². The molecule has 0 spiro atoms. The zero-order chi connectivity index (χ0) is 22.0. The molecule has 2 aromatic carbocycles. The van der Waals surface area contributed by atoms with Crippen LogP contribution in [0.2, 0.25) is 0 Å². The summed E-state index contributed by atoms with van der Waals surface area (Å²) in [7, 11) is 2.02. The monoisotopic (exact) mass is 443 g/mol. The highest BCUT2D eigenvalue weighted by Gasteiger charge is 2.30. The maximum atomic E-state index is 12.8. The fourth-order valence-corrected chi connectivity index (χ4v) is 4.03. The van der Waals surface area contributed by atoms with Gasteiger partial charge in [-0.1, -0.05) is 24.3 Å². The molecule has 4 rings (SSSR count). The summed E-state index contributed by atoms with van der Waals surface area (Å²) < 4.78 is 40.0. The van der Waals surface area contributed by atoms with Crippen LogP contribution in [-0.2, 0) is 12.7 Å². The van der Waals surface area contributed by atoms with E-state index in [1.165, 1.54) is 29.8 Å². The quantitative estimate of drug-likeness (QED) is 0.389. The molecule has 0 aliphatic rings. The smallest absolute Gasteiger partial charge is 0.294 e. The predicted octanol–water partition coefficient (Wildman–Crippen LogP) is 5.60. The lowest BCUT2D eigenvalue weighted by Gasteiger charge is -2.24. The van der Waals surface area contributed by atoms with E-state index in [-0.39, 0.29) is 6.04 Å². The lowest BCUT2D eigenvalue weighted by molar-refractivity contribution is -0.137. The number of alkyl halides is 3. The Morgan fingerprint density at radius 3 is 2.39 bits per heavy atom. The summed E-state index contributed by atoms with van der Waals surface area (Å²) >= 11 is 1.43. The van der Waals surface area contributed by atoms with Crippen molar-refractivity contribution in [3.05, 3.63) is 83.4 Å². The molecule has 0 aliphatic heterocycles. The van der Waals surface area contributed by atoms with E-state index in [1.807, 2.05) is 24.6 Å². The molecular weight excluding hydrogens is 423 g/mol. The summed E-state index contributed by atoms with van der Waals surface area (Å²) in [5.41, 5.74) is 3.01. The number of benzene rings is 2. The second-order valence-electron chi connectivity index (χ2n) is 7.24. The highest BCUT2D eigenvalue weighted by molar-refractivity contribution is 7.13. The minimum atomic E-state index is -4.33. The van der Waals surface area contributed by atoms with Crippen molar-refractivity contribution in [2.24, 2.45) is 0 Å². The molecule has 0 N–H and O–H groups in total. The molecule has 0 radical (unpaired) electrons. The second kappa shape index (κ2) is 8.60.